The second kappa shape index (κ2) is 6.64. The molecule has 1 heterocycles. The molecule has 0 amide bonds. The van der Waals surface area contributed by atoms with Crippen LogP contribution in [0.2, 0.25) is 0 Å². The molecule has 21 heavy (non-hydrogen) atoms. The lowest BCUT2D eigenvalue weighted by molar-refractivity contribution is 0.188. The highest BCUT2D eigenvalue weighted by Gasteiger charge is 2.30. The Morgan fingerprint density at radius 3 is 2.48 bits per heavy atom. The van der Waals surface area contributed by atoms with E-state index in [1.54, 1.807) is 12.1 Å². The first-order valence-electron chi connectivity index (χ1n) is 7.15. The van der Waals surface area contributed by atoms with E-state index < -0.39 is 10.0 Å². The summed E-state index contributed by atoms with van der Waals surface area (Å²) in [6, 6.07) is 4.69. The summed E-state index contributed by atoms with van der Waals surface area (Å²) in [6.07, 6.45) is 1.08. The van der Waals surface area contributed by atoms with E-state index in [0.717, 1.165) is 26.1 Å². The van der Waals surface area contributed by atoms with Gasteiger partial charge in [0.05, 0.1) is 7.11 Å². The van der Waals surface area contributed by atoms with Gasteiger partial charge in [-0.2, -0.15) is 4.31 Å². The third-order valence-corrected chi connectivity index (χ3v) is 5.60. The molecule has 2 N–H and O–H groups in total. The van der Waals surface area contributed by atoms with Crippen LogP contribution in [0.4, 0.5) is 5.69 Å². The number of sulfonamides is 1. The van der Waals surface area contributed by atoms with E-state index in [1.165, 1.54) is 17.5 Å². The highest BCUT2D eigenvalue weighted by atomic mass is 32.2. The van der Waals surface area contributed by atoms with Crippen molar-refractivity contribution in [1.29, 1.82) is 0 Å². The number of nitrogens with zero attached hydrogens (tertiary/aromatic N) is 2. The largest absolute Gasteiger partial charge is 0.495 e. The lowest BCUT2D eigenvalue weighted by Gasteiger charge is -2.34. The minimum atomic E-state index is -3.56. The zero-order valence-corrected chi connectivity index (χ0v) is 13.4. The van der Waals surface area contributed by atoms with Gasteiger partial charge in [0.25, 0.3) is 0 Å². The van der Waals surface area contributed by atoms with Crippen molar-refractivity contribution in [3.8, 4) is 5.75 Å². The Morgan fingerprint density at radius 2 is 1.90 bits per heavy atom. The van der Waals surface area contributed by atoms with Crippen molar-refractivity contribution in [2.75, 3.05) is 45.6 Å². The van der Waals surface area contributed by atoms with E-state index >= 15 is 0 Å². The molecule has 1 aliphatic heterocycles. The lowest BCUT2D eigenvalue weighted by atomic mass is 10.3. The van der Waals surface area contributed by atoms with E-state index in [2.05, 4.69) is 11.8 Å². The fourth-order valence-corrected chi connectivity index (χ4v) is 4.16. The minimum Gasteiger partial charge on any atom is -0.495 e. The predicted octanol–water partition coefficient (Wildman–Crippen LogP) is 0.994. The number of methoxy groups -OCH3 is 1. The molecule has 0 aromatic heterocycles. The van der Waals surface area contributed by atoms with Gasteiger partial charge in [0.2, 0.25) is 10.0 Å². The molecular weight excluding hydrogens is 290 g/mol. The topological polar surface area (TPSA) is 75.9 Å². The number of hydrogen-bond donors (Lipinski definition) is 1. The molecule has 0 spiro atoms. The van der Waals surface area contributed by atoms with Gasteiger partial charge in [-0.1, -0.05) is 6.92 Å². The smallest absolute Gasteiger partial charge is 0.246 e. The maximum atomic E-state index is 12.8. The van der Waals surface area contributed by atoms with Gasteiger partial charge in [-0.15, -0.1) is 0 Å². The van der Waals surface area contributed by atoms with Gasteiger partial charge in [0.1, 0.15) is 10.6 Å². The molecule has 2 rings (SSSR count). The van der Waals surface area contributed by atoms with Gasteiger partial charge in [0, 0.05) is 31.9 Å². The molecule has 0 atom stereocenters. The summed E-state index contributed by atoms with van der Waals surface area (Å²) >= 11 is 0. The van der Waals surface area contributed by atoms with Crippen LogP contribution in [0.1, 0.15) is 13.3 Å². The first-order valence-corrected chi connectivity index (χ1v) is 8.59. The third kappa shape index (κ3) is 3.48. The van der Waals surface area contributed by atoms with Gasteiger partial charge >= 0.3 is 0 Å². The molecule has 0 aliphatic carbocycles. The van der Waals surface area contributed by atoms with Crippen LogP contribution >= 0.6 is 0 Å². The van der Waals surface area contributed by atoms with Crippen LogP contribution in [-0.2, 0) is 10.0 Å². The maximum Gasteiger partial charge on any atom is 0.246 e. The first-order chi connectivity index (χ1) is 9.98. The zero-order valence-electron chi connectivity index (χ0n) is 12.6. The molecule has 1 fully saturated rings. The molecule has 0 radical (unpaired) electrons. The lowest BCUT2D eigenvalue weighted by Crippen LogP contribution is -2.48. The highest BCUT2D eigenvalue weighted by molar-refractivity contribution is 7.89. The Kier molecular flexibility index (Phi) is 5.08. The molecule has 1 aromatic rings. The van der Waals surface area contributed by atoms with Crippen molar-refractivity contribution in [3.63, 3.8) is 0 Å². The monoisotopic (exact) mass is 313 g/mol. The number of anilines is 1. The Balaban J connectivity index is 2.21. The summed E-state index contributed by atoms with van der Waals surface area (Å²) in [6.45, 7) is 5.66. The van der Waals surface area contributed by atoms with E-state index in [-0.39, 0.29) is 4.90 Å². The van der Waals surface area contributed by atoms with Crippen LogP contribution in [0.25, 0.3) is 0 Å². The van der Waals surface area contributed by atoms with Crippen molar-refractivity contribution < 1.29 is 13.2 Å². The number of nitrogens with two attached hydrogens (primary N) is 1. The van der Waals surface area contributed by atoms with Gasteiger partial charge in [-0.25, -0.2) is 8.42 Å². The van der Waals surface area contributed by atoms with Gasteiger partial charge in [-0.05, 0) is 31.2 Å². The fraction of sp³-hybridized carbons (Fsp3) is 0.571. The van der Waals surface area contributed by atoms with Crippen molar-refractivity contribution in [2.24, 2.45) is 0 Å². The first kappa shape index (κ1) is 16.1. The molecule has 7 heteroatoms. The van der Waals surface area contributed by atoms with E-state index in [0.29, 0.717) is 24.5 Å². The molecule has 0 unspecified atom stereocenters. The second-order valence-electron chi connectivity index (χ2n) is 5.16. The van der Waals surface area contributed by atoms with Crippen LogP contribution < -0.4 is 10.5 Å². The summed E-state index contributed by atoms with van der Waals surface area (Å²) in [7, 11) is -2.10. The van der Waals surface area contributed by atoms with Crippen LogP contribution in [-0.4, -0.2) is 57.5 Å². The van der Waals surface area contributed by atoms with E-state index in [1.807, 2.05) is 0 Å². The number of hydrogen-bond acceptors (Lipinski definition) is 5. The van der Waals surface area contributed by atoms with E-state index in [9.17, 15) is 8.42 Å². The molecule has 1 saturated heterocycles. The van der Waals surface area contributed by atoms with Crippen LogP contribution in [0.3, 0.4) is 0 Å². The number of ether oxygens (including phenoxy) is 1. The third-order valence-electron chi connectivity index (χ3n) is 3.68. The number of benzene rings is 1. The number of nitrogen functional groups attached to an aromatic ring is 1. The Labute approximate surface area is 126 Å². The molecular formula is C14H23N3O3S. The van der Waals surface area contributed by atoms with Crippen molar-refractivity contribution in [3.05, 3.63) is 18.2 Å². The van der Waals surface area contributed by atoms with Gasteiger partial charge in [-0.3, -0.25) is 0 Å². The molecule has 0 bridgehead atoms. The number of rotatable bonds is 5. The van der Waals surface area contributed by atoms with Gasteiger partial charge < -0.3 is 15.4 Å². The molecule has 6 nitrogen and oxygen atoms in total. The predicted molar refractivity (Wildman–Crippen MR) is 82.9 cm³/mol. The van der Waals surface area contributed by atoms with Crippen molar-refractivity contribution in [1.82, 2.24) is 9.21 Å². The van der Waals surface area contributed by atoms with Crippen molar-refractivity contribution in [2.45, 2.75) is 18.2 Å². The van der Waals surface area contributed by atoms with Crippen LogP contribution in [0.15, 0.2) is 23.1 Å². The SMILES string of the molecule is CCCN1CCN(S(=O)(=O)c2cc(N)ccc2OC)CC1. The summed E-state index contributed by atoms with van der Waals surface area (Å²) in [5.74, 6) is 0.334. The Bertz CT molecular complexity index is 581. The summed E-state index contributed by atoms with van der Waals surface area (Å²) in [4.78, 5) is 2.43. The second-order valence-corrected chi connectivity index (χ2v) is 7.06. The maximum absolute atomic E-state index is 12.8. The molecule has 0 saturated carbocycles. The summed E-state index contributed by atoms with van der Waals surface area (Å²) < 4.78 is 32.2. The van der Waals surface area contributed by atoms with Crippen LogP contribution in [0.5, 0.6) is 5.75 Å². The van der Waals surface area contributed by atoms with E-state index in [4.69, 9.17) is 10.5 Å². The van der Waals surface area contributed by atoms with Crippen LogP contribution in [0, 0.1) is 0 Å². The quantitative estimate of drug-likeness (QED) is 0.821. The minimum absolute atomic E-state index is 0.147. The summed E-state index contributed by atoms with van der Waals surface area (Å²) in [5, 5.41) is 0. The average Bonchev–Trinajstić information content (AvgIpc) is 2.48. The molecule has 1 aromatic carbocycles. The molecule has 1 aliphatic rings. The standard InChI is InChI=1S/C14H23N3O3S/c1-3-6-16-7-9-17(10-8-16)21(18,19)14-11-12(15)4-5-13(14)20-2/h4-5,11H,3,6-10,15H2,1-2H3. The highest BCUT2D eigenvalue weighted by Crippen LogP contribution is 2.29. The van der Waals surface area contributed by atoms with Crippen molar-refractivity contribution >= 4 is 15.7 Å². The number of piperazine rings is 1. The summed E-state index contributed by atoms with van der Waals surface area (Å²) in [5.41, 5.74) is 6.14. The Morgan fingerprint density at radius 1 is 1.24 bits per heavy atom. The zero-order chi connectivity index (χ0) is 15.5. The molecule has 118 valence electrons. The van der Waals surface area contributed by atoms with Gasteiger partial charge in [0.15, 0.2) is 0 Å². The average molecular weight is 313 g/mol. The fourth-order valence-electron chi connectivity index (χ4n) is 2.54. The Hall–Kier alpha value is -1.31. The normalized spacial score (nSPS) is 17.8.